The largest absolute Gasteiger partial charge is 0.378 e. The molecule has 11 heteroatoms. The van der Waals surface area contributed by atoms with E-state index in [1.165, 1.54) is 12.5 Å². The van der Waals surface area contributed by atoms with Crippen LogP contribution in [-0.2, 0) is 14.8 Å². The van der Waals surface area contributed by atoms with Gasteiger partial charge in [-0.1, -0.05) is 6.07 Å². The van der Waals surface area contributed by atoms with Gasteiger partial charge < -0.3 is 9.64 Å². The number of nitrogens with one attached hydrogen (secondary N) is 1. The third-order valence-electron chi connectivity index (χ3n) is 5.43. The average molecular weight is 484 g/mol. The van der Waals surface area contributed by atoms with Crippen LogP contribution in [0.3, 0.4) is 0 Å². The zero-order valence-corrected chi connectivity index (χ0v) is 18.6. The summed E-state index contributed by atoms with van der Waals surface area (Å²) in [4.78, 5) is 14.4. The number of anilines is 2. The molecule has 1 N–H and O–H groups in total. The summed E-state index contributed by atoms with van der Waals surface area (Å²) in [5.74, 6) is -1.25. The number of aromatic nitrogens is 3. The molecule has 1 saturated heterocycles. The molecule has 8 nitrogen and oxygen atoms in total. The van der Waals surface area contributed by atoms with Crippen LogP contribution in [0.2, 0.25) is 0 Å². The smallest absolute Gasteiger partial charge is 0.264 e. The highest BCUT2D eigenvalue weighted by Gasteiger charge is 2.20. The minimum atomic E-state index is -4.29. The van der Waals surface area contributed by atoms with Crippen molar-refractivity contribution < 1.29 is 21.9 Å². The molecule has 1 aliphatic rings. The molecule has 2 aromatic heterocycles. The van der Waals surface area contributed by atoms with Gasteiger partial charge in [-0.25, -0.2) is 27.2 Å². The Morgan fingerprint density at radius 1 is 0.941 bits per heavy atom. The second kappa shape index (κ2) is 8.92. The number of hydrogen-bond donors (Lipinski definition) is 1. The first-order chi connectivity index (χ1) is 16.4. The summed E-state index contributed by atoms with van der Waals surface area (Å²) in [5, 5.41) is 0.848. The fourth-order valence-corrected chi connectivity index (χ4v) is 4.90. The summed E-state index contributed by atoms with van der Waals surface area (Å²) >= 11 is 0. The van der Waals surface area contributed by atoms with Crippen LogP contribution in [0.25, 0.3) is 22.0 Å². The summed E-state index contributed by atoms with van der Waals surface area (Å²) < 4.78 is 60.2. The van der Waals surface area contributed by atoms with Crippen molar-refractivity contribution in [1.82, 2.24) is 15.0 Å². The minimum absolute atomic E-state index is 0.138. The lowest BCUT2D eigenvalue weighted by Crippen LogP contribution is -2.36. The molecule has 0 amide bonds. The predicted octanol–water partition coefficient (Wildman–Crippen LogP) is 3.61. The van der Waals surface area contributed by atoms with E-state index in [-0.39, 0.29) is 5.69 Å². The van der Waals surface area contributed by atoms with Gasteiger partial charge in [0.15, 0.2) is 0 Å². The first-order valence-electron chi connectivity index (χ1n) is 10.4. The normalized spacial score (nSPS) is 14.4. The second-order valence-corrected chi connectivity index (χ2v) is 9.32. The van der Waals surface area contributed by atoms with Crippen LogP contribution in [0, 0.1) is 11.6 Å². The molecule has 0 bridgehead atoms. The van der Waals surface area contributed by atoms with Gasteiger partial charge in [0, 0.05) is 36.3 Å². The van der Waals surface area contributed by atoms with Crippen molar-refractivity contribution in [3.05, 3.63) is 72.8 Å². The summed E-state index contributed by atoms with van der Waals surface area (Å²) in [6, 6.07) is 9.51. The van der Waals surface area contributed by atoms with Gasteiger partial charge in [-0.2, -0.15) is 0 Å². The van der Waals surface area contributed by atoms with E-state index in [9.17, 15) is 17.2 Å². The SMILES string of the molecule is O=S(=O)(Nc1cncc(-c2ccc3ncnc(N4CCOCC4)c3c2)c1)c1ccc(F)cc1F. The van der Waals surface area contributed by atoms with Gasteiger partial charge in [0.2, 0.25) is 0 Å². The van der Waals surface area contributed by atoms with Gasteiger partial charge in [-0.05, 0) is 35.9 Å². The Morgan fingerprint density at radius 2 is 1.76 bits per heavy atom. The Kier molecular flexibility index (Phi) is 5.80. The molecule has 0 aliphatic carbocycles. The average Bonchev–Trinajstić information content (AvgIpc) is 2.83. The van der Waals surface area contributed by atoms with Gasteiger partial charge in [-0.3, -0.25) is 9.71 Å². The standard InChI is InChI=1S/C23H19F2N5O3S/c24-17-2-4-22(20(25)11-17)34(31,32)29-18-9-16(12-26-13-18)15-1-3-21-19(10-15)23(28-14-27-21)30-5-7-33-8-6-30/h1-4,9-14,29H,5-8H2. The Labute approximate surface area is 194 Å². The molecule has 174 valence electrons. The molecule has 5 rings (SSSR count). The molecular weight excluding hydrogens is 464 g/mol. The molecule has 0 radical (unpaired) electrons. The maximum absolute atomic E-state index is 14.0. The zero-order valence-electron chi connectivity index (χ0n) is 17.8. The van der Waals surface area contributed by atoms with Crippen LogP contribution in [0.4, 0.5) is 20.3 Å². The maximum Gasteiger partial charge on any atom is 0.264 e. The quantitative estimate of drug-likeness (QED) is 0.463. The molecule has 34 heavy (non-hydrogen) atoms. The Morgan fingerprint density at radius 3 is 2.56 bits per heavy atom. The maximum atomic E-state index is 14.0. The van der Waals surface area contributed by atoms with Gasteiger partial charge >= 0.3 is 0 Å². The van der Waals surface area contributed by atoms with E-state index in [0.717, 1.165) is 47.5 Å². The van der Waals surface area contributed by atoms with E-state index in [0.29, 0.717) is 24.8 Å². The highest BCUT2D eigenvalue weighted by atomic mass is 32.2. The third kappa shape index (κ3) is 4.39. The number of fused-ring (bicyclic) bond motifs is 1. The van der Waals surface area contributed by atoms with E-state index in [1.54, 1.807) is 12.3 Å². The molecule has 4 aromatic rings. The summed E-state index contributed by atoms with van der Waals surface area (Å²) in [6.45, 7) is 2.67. The third-order valence-corrected chi connectivity index (χ3v) is 6.85. The van der Waals surface area contributed by atoms with Crippen molar-refractivity contribution in [2.75, 3.05) is 35.9 Å². The van der Waals surface area contributed by atoms with Gasteiger partial charge in [-0.15, -0.1) is 0 Å². The predicted molar refractivity (Wildman–Crippen MR) is 123 cm³/mol. The number of morpholine rings is 1. The summed E-state index contributed by atoms with van der Waals surface area (Å²) in [6.07, 6.45) is 4.43. The molecule has 0 atom stereocenters. The fraction of sp³-hybridized carbons (Fsp3) is 0.174. The Balaban J connectivity index is 1.49. The summed E-state index contributed by atoms with van der Waals surface area (Å²) in [5.41, 5.74) is 2.33. The van der Waals surface area contributed by atoms with Crippen molar-refractivity contribution in [2.45, 2.75) is 4.90 Å². The zero-order chi connectivity index (χ0) is 23.7. The lowest BCUT2D eigenvalue weighted by molar-refractivity contribution is 0.122. The Hall–Kier alpha value is -3.70. The number of nitrogens with zero attached hydrogens (tertiary/aromatic N) is 4. The number of rotatable bonds is 5. The first kappa shape index (κ1) is 22.1. The lowest BCUT2D eigenvalue weighted by Gasteiger charge is -2.28. The number of hydrogen-bond acceptors (Lipinski definition) is 7. The van der Waals surface area contributed by atoms with Crippen LogP contribution >= 0.6 is 0 Å². The van der Waals surface area contributed by atoms with E-state index >= 15 is 0 Å². The molecule has 0 saturated carbocycles. The van der Waals surface area contributed by atoms with Gasteiger partial charge in [0.1, 0.15) is 28.7 Å². The lowest BCUT2D eigenvalue weighted by atomic mass is 10.0. The van der Waals surface area contributed by atoms with Gasteiger partial charge in [0.25, 0.3) is 10.0 Å². The highest BCUT2D eigenvalue weighted by molar-refractivity contribution is 7.92. The Bertz CT molecular complexity index is 1480. The van der Waals surface area contributed by atoms with E-state index in [1.807, 2.05) is 18.2 Å². The fourth-order valence-electron chi connectivity index (χ4n) is 3.81. The monoisotopic (exact) mass is 483 g/mol. The second-order valence-electron chi connectivity index (χ2n) is 7.67. The number of benzene rings is 2. The molecule has 1 fully saturated rings. The van der Waals surface area contributed by atoms with Crippen LogP contribution in [0.15, 0.2) is 66.1 Å². The molecule has 2 aromatic carbocycles. The van der Waals surface area contributed by atoms with Crippen LogP contribution < -0.4 is 9.62 Å². The molecule has 0 unspecified atom stereocenters. The van der Waals surface area contributed by atoms with Crippen LogP contribution in [0.1, 0.15) is 0 Å². The van der Waals surface area contributed by atoms with Crippen molar-refractivity contribution in [3.63, 3.8) is 0 Å². The molecule has 3 heterocycles. The van der Waals surface area contributed by atoms with Crippen molar-refractivity contribution in [2.24, 2.45) is 0 Å². The highest BCUT2D eigenvalue weighted by Crippen LogP contribution is 2.30. The van der Waals surface area contributed by atoms with Gasteiger partial charge in [0.05, 0.1) is 30.6 Å². The van der Waals surface area contributed by atoms with E-state index in [2.05, 4.69) is 24.6 Å². The number of ether oxygens (including phenoxy) is 1. The van der Waals surface area contributed by atoms with Crippen LogP contribution in [0.5, 0.6) is 0 Å². The number of sulfonamides is 1. The number of pyridine rings is 1. The van der Waals surface area contributed by atoms with E-state index < -0.39 is 26.6 Å². The first-order valence-corrected chi connectivity index (χ1v) is 11.9. The van der Waals surface area contributed by atoms with Crippen molar-refractivity contribution in [3.8, 4) is 11.1 Å². The summed E-state index contributed by atoms with van der Waals surface area (Å²) in [7, 11) is -4.29. The molecular formula is C23H19F2N5O3S. The number of halogens is 2. The van der Waals surface area contributed by atoms with Crippen molar-refractivity contribution in [1.29, 1.82) is 0 Å². The van der Waals surface area contributed by atoms with E-state index in [4.69, 9.17) is 4.74 Å². The van der Waals surface area contributed by atoms with Crippen LogP contribution in [-0.4, -0.2) is 49.7 Å². The topological polar surface area (TPSA) is 97.3 Å². The minimum Gasteiger partial charge on any atom is -0.378 e. The molecule has 1 aliphatic heterocycles. The molecule has 0 spiro atoms. The van der Waals surface area contributed by atoms with Crippen molar-refractivity contribution >= 4 is 32.4 Å².